The van der Waals surface area contributed by atoms with Crippen LogP contribution in [0.25, 0.3) is 0 Å². The molecule has 0 rings (SSSR count). The van der Waals surface area contributed by atoms with Crippen LogP contribution in [-0.2, 0) is 4.79 Å². The second-order valence-electron chi connectivity index (χ2n) is 11.5. The van der Waals surface area contributed by atoms with Gasteiger partial charge in [0.2, 0.25) is 0 Å². The van der Waals surface area contributed by atoms with Crippen molar-refractivity contribution in [2.45, 2.75) is 129 Å². The van der Waals surface area contributed by atoms with Gasteiger partial charge in [-0.3, -0.25) is 4.79 Å². The van der Waals surface area contributed by atoms with Gasteiger partial charge in [0, 0.05) is 5.57 Å². The van der Waals surface area contributed by atoms with Crippen molar-refractivity contribution in [2.24, 2.45) is 17.3 Å². The molecule has 0 aliphatic rings. The van der Waals surface area contributed by atoms with Crippen molar-refractivity contribution in [3.8, 4) is 0 Å². The number of allylic oxidation sites excluding steroid dienone is 10. The average molecular weight is 499 g/mol. The lowest BCUT2D eigenvalue weighted by Gasteiger charge is -2.19. The van der Waals surface area contributed by atoms with Crippen molar-refractivity contribution in [3.63, 3.8) is 0 Å². The van der Waals surface area contributed by atoms with Crippen LogP contribution in [0.5, 0.6) is 0 Å². The summed E-state index contributed by atoms with van der Waals surface area (Å²) in [5, 5.41) is 0. The van der Waals surface area contributed by atoms with E-state index in [0.717, 1.165) is 25.2 Å². The number of ketones is 1. The Labute approximate surface area is 227 Å². The minimum absolute atomic E-state index is 0.0782. The van der Waals surface area contributed by atoms with E-state index in [4.69, 9.17) is 0 Å². The Morgan fingerprint density at radius 2 is 1.56 bits per heavy atom. The van der Waals surface area contributed by atoms with Gasteiger partial charge in [-0.05, 0) is 87.0 Å². The highest BCUT2D eigenvalue weighted by Gasteiger charge is 2.11. The molecule has 1 nitrogen and oxygen atoms in total. The van der Waals surface area contributed by atoms with E-state index in [1.807, 2.05) is 19.1 Å². The topological polar surface area (TPSA) is 17.1 Å². The Balaban J connectivity index is -0.000000497. The number of carbonyl (C=O) groups excluding carboxylic acids is 1. The van der Waals surface area contributed by atoms with Crippen molar-refractivity contribution < 1.29 is 4.79 Å². The molecule has 0 unspecified atom stereocenters. The molecule has 36 heavy (non-hydrogen) atoms. The molecule has 0 N–H and O–H groups in total. The molecule has 0 fully saturated rings. The third-order valence-corrected chi connectivity index (χ3v) is 6.20. The van der Waals surface area contributed by atoms with Crippen LogP contribution in [-0.4, -0.2) is 5.78 Å². The van der Waals surface area contributed by atoms with Gasteiger partial charge in [0.05, 0.1) is 0 Å². The van der Waals surface area contributed by atoms with E-state index in [-0.39, 0.29) is 5.78 Å². The molecule has 208 valence electrons. The average Bonchev–Trinajstić information content (AvgIpc) is 2.79. The highest BCUT2D eigenvalue weighted by Crippen LogP contribution is 2.26. The molecule has 0 aliphatic heterocycles. The second-order valence-corrected chi connectivity index (χ2v) is 11.5. The largest absolute Gasteiger partial charge is 0.295 e. The number of Topliss-reactive ketones (excluding diaryl/α,β-unsaturated/α-hetero) is 1. The summed E-state index contributed by atoms with van der Waals surface area (Å²) in [6.45, 7) is 35.6. The van der Waals surface area contributed by atoms with E-state index in [1.54, 1.807) is 13.0 Å². The smallest absolute Gasteiger partial charge is 0.159 e. The normalized spacial score (nSPS) is 12.8. The molecule has 0 bridgehead atoms. The first-order valence-corrected chi connectivity index (χ1v) is 14.1. The fraction of sp³-hybridized carbons (Fsp3) is 0.629. The van der Waals surface area contributed by atoms with Crippen molar-refractivity contribution in [3.05, 3.63) is 71.4 Å². The lowest BCUT2D eigenvalue weighted by atomic mass is 9.87. The summed E-state index contributed by atoms with van der Waals surface area (Å²) in [6.07, 6.45) is 17.2. The summed E-state index contributed by atoms with van der Waals surface area (Å²) in [7, 11) is 0. The van der Waals surface area contributed by atoms with Crippen molar-refractivity contribution in [2.75, 3.05) is 0 Å². The molecule has 1 heteroatoms. The molecule has 0 spiro atoms. The van der Waals surface area contributed by atoms with Crippen LogP contribution in [0.3, 0.4) is 0 Å². The van der Waals surface area contributed by atoms with Crippen LogP contribution >= 0.6 is 0 Å². The van der Waals surface area contributed by atoms with Gasteiger partial charge in [0.1, 0.15) is 0 Å². The Kier molecular flexibility index (Phi) is 24.0. The first kappa shape index (κ1) is 38.6. The molecule has 0 aromatic carbocycles. The van der Waals surface area contributed by atoms with Crippen LogP contribution in [0, 0.1) is 17.3 Å². The third kappa shape index (κ3) is 22.6. The molecule has 1 atom stereocenters. The SMILES string of the molecule is C=C(/C(=C\C=C/C)CC)C(C)C.C=C/C(=C\C(CCC(C)(C)C)=C(C)C)C(C)=O.CCC[C@H](C)CC. The fourth-order valence-corrected chi connectivity index (χ4v) is 3.20. The maximum Gasteiger partial charge on any atom is 0.159 e. The molecule has 0 amide bonds. The van der Waals surface area contributed by atoms with Crippen LogP contribution in [0.2, 0.25) is 0 Å². The number of hydrogen-bond donors (Lipinski definition) is 0. The van der Waals surface area contributed by atoms with Gasteiger partial charge in [0.25, 0.3) is 0 Å². The number of rotatable bonds is 12. The van der Waals surface area contributed by atoms with Crippen molar-refractivity contribution >= 4 is 5.78 Å². The molecule has 0 radical (unpaired) electrons. The minimum atomic E-state index is 0.0782. The first-order valence-electron chi connectivity index (χ1n) is 14.1. The maximum absolute atomic E-state index is 11.4. The van der Waals surface area contributed by atoms with E-state index in [0.29, 0.717) is 16.9 Å². The third-order valence-electron chi connectivity index (χ3n) is 6.20. The van der Waals surface area contributed by atoms with E-state index in [2.05, 4.69) is 101 Å². The van der Waals surface area contributed by atoms with Gasteiger partial charge in [-0.1, -0.05) is 125 Å². The van der Waals surface area contributed by atoms with Gasteiger partial charge in [-0.25, -0.2) is 0 Å². The van der Waals surface area contributed by atoms with E-state index < -0.39 is 0 Å². The van der Waals surface area contributed by atoms with Gasteiger partial charge < -0.3 is 0 Å². The summed E-state index contributed by atoms with van der Waals surface area (Å²) in [4.78, 5) is 11.4. The molecular weight excluding hydrogens is 436 g/mol. The predicted molar refractivity (Wildman–Crippen MR) is 168 cm³/mol. The van der Waals surface area contributed by atoms with Gasteiger partial charge in [-0.2, -0.15) is 0 Å². The highest BCUT2D eigenvalue weighted by atomic mass is 16.1. The summed E-state index contributed by atoms with van der Waals surface area (Å²) in [6, 6.07) is 0. The molecule has 0 saturated carbocycles. The first-order chi connectivity index (χ1) is 16.6. The fourth-order valence-electron chi connectivity index (χ4n) is 3.20. The van der Waals surface area contributed by atoms with E-state index >= 15 is 0 Å². The highest BCUT2D eigenvalue weighted by molar-refractivity contribution is 5.96. The number of carbonyl (C=O) groups is 1. The Bertz CT molecular complexity index is 740. The van der Waals surface area contributed by atoms with Gasteiger partial charge >= 0.3 is 0 Å². The summed E-state index contributed by atoms with van der Waals surface area (Å²) >= 11 is 0. The summed E-state index contributed by atoms with van der Waals surface area (Å²) in [5.41, 5.74) is 6.17. The van der Waals surface area contributed by atoms with Crippen molar-refractivity contribution in [1.82, 2.24) is 0 Å². The Morgan fingerprint density at radius 1 is 1.00 bits per heavy atom. The molecular formula is C35H62O. The maximum atomic E-state index is 11.4. The number of hydrogen-bond acceptors (Lipinski definition) is 1. The predicted octanol–water partition coefficient (Wildman–Crippen LogP) is 11.8. The summed E-state index contributed by atoms with van der Waals surface area (Å²) in [5.74, 6) is 1.58. The standard InChI is InChI=1S/C16H26O.C12H20.C7H16/c1-8-14(13(4)17)11-15(12(2)3)9-10-16(5,6)7;1-6-8-9-12(7-2)11(5)10(3)4;1-4-6-7(3)5-2/h8,11H,1,9-10H2,2-7H3;6,8-10H,5,7H2,1-4H3;7H,4-6H2,1-3H3/b14-11+;8-6-,12-9-;/t;;7-/m..1/s1. The zero-order chi connectivity index (χ0) is 28.9. The molecule has 0 saturated heterocycles. The zero-order valence-electron chi connectivity index (χ0n) is 26.6. The molecule has 0 aliphatic carbocycles. The summed E-state index contributed by atoms with van der Waals surface area (Å²) < 4.78 is 0. The Morgan fingerprint density at radius 3 is 1.83 bits per heavy atom. The lowest BCUT2D eigenvalue weighted by Crippen LogP contribution is -2.05. The Hall–Kier alpha value is -1.89. The van der Waals surface area contributed by atoms with Crippen LogP contribution < -0.4 is 0 Å². The minimum Gasteiger partial charge on any atom is -0.295 e. The molecule has 0 aromatic heterocycles. The van der Waals surface area contributed by atoms with Crippen LogP contribution in [0.1, 0.15) is 129 Å². The quantitative estimate of drug-likeness (QED) is 0.193. The molecule has 0 aromatic rings. The van der Waals surface area contributed by atoms with Gasteiger partial charge in [0.15, 0.2) is 5.78 Å². The molecule has 0 heterocycles. The van der Waals surface area contributed by atoms with E-state index in [1.165, 1.54) is 41.6 Å². The van der Waals surface area contributed by atoms with Crippen LogP contribution in [0.4, 0.5) is 0 Å². The van der Waals surface area contributed by atoms with Crippen LogP contribution in [0.15, 0.2) is 71.4 Å². The second kappa shape index (κ2) is 22.3. The van der Waals surface area contributed by atoms with Crippen molar-refractivity contribution in [1.29, 1.82) is 0 Å². The van der Waals surface area contributed by atoms with E-state index in [9.17, 15) is 4.79 Å². The monoisotopic (exact) mass is 498 g/mol. The zero-order valence-corrected chi connectivity index (χ0v) is 26.6. The van der Waals surface area contributed by atoms with Gasteiger partial charge in [-0.15, -0.1) is 0 Å². The lowest BCUT2D eigenvalue weighted by molar-refractivity contribution is -0.113.